The maximum atomic E-state index is 13.0. The number of primary amides is 1. The van der Waals surface area contributed by atoms with E-state index in [1.807, 2.05) is 0 Å². The second-order valence-corrected chi connectivity index (χ2v) is 11.6. The van der Waals surface area contributed by atoms with Gasteiger partial charge < -0.3 is 10.5 Å². The standard InChI is InChI=1S/C27H32N4O5S/c28-26(32)25-13-7-20-18-23(12-14-24(20)36-25)37(34,35)29-21-8-10-22(11-9-21)31-17-16-30(27(31)33)15-3-6-19-4-1-2-5-19/h8-12,14,16-19,25,29H,1-7,13,15H2,(H2,28,32). The molecule has 0 saturated heterocycles. The van der Waals surface area contributed by atoms with Gasteiger partial charge in [-0.05, 0) is 79.6 Å². The molecule has 37 heavy (non-hydrogen) atoms. The van der Waals surface area contributed by atoms with E-state index in [-0.39, 0.29) is 10.6 Å². The first kappa shape index (κ1) is 25.1. The molecule has 9 nitrogen and oxygen atoms in total. The van der Waals surface area contributed by atoms with Crippen molar-refractivity contribution in [2.45, 2.75) is 68.9 Å². The molecule has 3 N–H and O–H groups in total. The van der Waals surface area contributed by atoms with Crippen molar-refractivity contribution in [3.05, 3.63) is 70.9 Å². The Hall–Kier alpha value is -3.53. The highest BCUT2D eigenvalue weighted by Gasteiger charge is 2.26. The van der Waals surface area contributed by atoms with Gasteiger partial charge in [-0.1, -0.05) is 25.7 Å². The average molecular weight is 525 g/mol. The molecule has 1 saturated carbocycles. The number of anilines is 1. The molecular formula is C27H32N4O5S. The van der Waals surface area contributed by atoms with Crippen LogP contribution < -0.4 is 20.9 Å². The number of aryl methyl sites for hydroxylation is 2. The van der Waals surface area contributed by atoms with E-state index in [2.05, 4.69) is 4.72 Å². The summed E-state index contributed by atoms with van der Waals surface area (Å²) in [6.45, 7) is 0.704. The number of imidazole rings is 1. The summed E-state index contributed by atoms with van der Waals surface area (Å²) >= 11 is 0. The van der Waals surface area contributed by atoms with Crippen LogP contribution in [-0.4, -0.2) is 29.6 Å². The van der Waals surface area contributed by atoms with Gasteiger partial charge in [0.2, 0.25) is 0 Å². The summed E-state index contributed by atoms with van der Waals surface area (Å²) in [6, 6.07) is 11.2. The molecule has 1 aliphatic carbocycles. The second-order valence-electron chi connectivity index (χ2n) is 9.91. The molecule has 1 fully saturated rings. The Morgan fingerprint density at radius 3 is 2.54 bits per heavy atom. The number of carbonyl (C=O) groups excluding carboxylic acids is 1. The van der Waals surface area contributed by atoms with Crippen molar-refractivity contribution in [2.75, 3.05) is 4.72 Å². The summed E-state index contributed by atoms with van der Waals surface area (Å²) in [6.07, 6.45) is 11.2. The van der Waals surface area contributed by atoms with Crippen molar-refractivity contribution in [1.29, 1.82) is 0 Å². The highest BCUT2D eigenvalue weighted by molar-refractivity contribution is 7.92. The predicted octanol–water partition coefficient (Wildman–Crippen LogP) is 3.59. The molecule has 1 unspecified atom stereocenters. The van der Waals surface area contributed by atoms with E-state index in [0.29, 0.717) is 42.1 Å². The number of carbonyl (C=O) groups is 1. The zero-order valence-corrected chi connectivity index (χ0v) is 21.5. The SMILES string of the molecule is NC(=O)C1CCc2cc(S(=O)(=O)Nc3ccc(-n4ccn(CCCC5CCCC5)c4=O)cc3)ccc2O1. The Labute approximate surface area is 216 Å². The Kier molecular flexibility index (Phi) is 7.10. The molecule has 10 heteroatoms. The highest BCUT2D eigenvalue weighted by atomic mass is 32.2. The third kappa shape index (κ3) is 5.58. The van der Waals surface area contributed by atoms with Crippen LogP contribution in [0.2, 0.25) is 0 Å². The van der Waals surface area contributed by atoms with Crippen molar-refractivity contribution in [2.24, 2.45) is 11.7 Å². The van der Waals surface area contributed by atoms with E-state index in [0.717, 1.165) is 18.8 Å². The predicted molar refractivity (Wildman–Crippen MR) is 140 cm³/mol. The molecule has 3 aromatic rings. The minimum absolute atomic E-state index is 0.0994. The van der Waals surface area contributed by atoms with Gasteiger partial charge in [-0.2, -0.15) is 0 Å². The molecule has 1 amide bonds. The first-order chi connectivity index (χ1) is 17.8. The lowest BCUT2D eigenvalue weighted by Crippen LogP contribution is -2.36. The number of aromatic nitrogens is 2. The maximum absolute atomic E-state index is 13.0. The lowest BCUT2D eigenvalue weighted by Gasteiger charge is -2.24. The topological polar surface area (TPSA) is 125 Å². The molecule has 1 aromatic heterocycles. The van der Waals surface area contributed by atoms with E-state index in [1.54, 1.807) is 57.9 Å². The van der Waals surface area contributed by atoms with Crippen molar-refractivity contribution in [3.63, 3.8) is 0 Å². The van der Waals surface area contributed by atoms with Crippen LogP contribution in [0.3, 0.4) is 0 Å². The fraction of sp³-hybridized carbons (Fsp3) is 0.407. The number of ether oxygens (including phenoxy) is 1. The van der Waals surface area contributed by atoms with Crippen LogP contribution in [-0.2, 0) is 27.8 Å². The Morgan fingerprint density at radius 1 is 1.05 bits per heavy atom. The minimum Gasteiger partial charge on any atom is -0.480 e. The molecule has 1 aliphatic heterocycles. The largest absolute Gasteiger partial charge is 0.480 e. The van der Waals surface area contributed by atoms with E-state index in [9.17, 15) is 18.0 Å². The van der Waals surface area contributed by atoms with Gasteiger partial charge in [-0.3, -0.25) is 18.7 Å². The molecule has 0 bridgehead atoms. The summed E-state index contributed by atoms with van der Waals surface area (Å²) in [4.78, 5) is 24.3. The number of hydrogen-bond donors (Lipinski definition) is 2. The molecule has 2 aromatic carbocycles. The van der Waals surface area contributed by atoms with Crippen molar-refractivity contribution in [1.82, 2.24) is 9.13 Å². The number of nitrogens with one attached hydrogen (secondary N) is 1. The second kappa shape index (κ2) is 10.5. The average Bonchev–Trinajstić information content (AvgIpc) is 3.54. The number of rotatable bonds is 9. The number of sulfonamides is 1. The summed E-state index contributed by atoms with van der Waals surface area (Å²) in [5.41, 5.74) is 6.98. The van der Waals surface area contributed by atoms with Gasteiger partial charge in [0.1, 0.15) is 5.75 Å². The van der Waals surface area contributed by atoms with Gasteiger partial charge in [0.05, 0.1) is 10.6 Å². The molecular weight excluding hydrogens is 492 g/mol. The third-order valence-corrected chi connectivity index (χ3v) is 8.71. The van der Waals surface area contributed by atoms with Crippen molar-refractivity contribution < 1.29 is 17.9 Å². The van der Waals surface area contributed by atoms with Gasteiger partial charge in [0.25, 0.3) is 15.9 Å². The highest BCUT2D eigenvalue weighted by Crippen LogP contribution is 2.31. The van der Waals surface area contributed by atoms with Crippen LogP contribution in [0, 0.1) is 5.92 Å². The lowest BCUT2D eigenvalue weighted by molar-refractivity contribution is -0.125. The quantitative estimate of drug-likeness (QED) is 0.443. The van der Waals surface area contributed by atoms with E-state index in [4.69, 9.17) is 10.5 Å². The van der Waals surface area contributed by atoms with Gasteiger partial charge in [0.15, 0.2) is 6.10 Å². The Morgan fingerprint density at radius 2 is 1.81 bits per heavy atom. The van der Waals surface area contributed by atoms with Crippen LogP contribution in [0.5, 0.6) is 5.75 Å². The van der Waals surface area contributed by atoms with E-state index >= 15 is 0 Å². The number of benzene rings is 2. The minimum atomic E-state index is -3.85. The number of fused-ring (bicyclic) bond motifs is 1. The molecule has 0 spiro atoms. The maximum Gasteiger partial charge on any atom is 0.332 e. The van der Waals surface area contributed by atoms with Gasteiger partial charge in [-0.25, -0.2) is 13.2 Å². The van der Waals surface area contributed by atoms with E-state index < -0.39 is 22.0 Å². The molecule has 2 heterocycles. The number of amides is 1. The molecule has 0 radical (unpaired) electrons. The van der Waals surface area contributed by atoms with Crippen molar-refractivity contribution >= 4 is 21.6 Å². The number of hydrogen-bond acceptors (Lipinski definition) is 5. The van der Waals surface area contributed by atoms with Gasteiger partial charge in [-0.15, -0.1) is 0 Å². The van der Waals surface area contributed by atoms with Crippen molar-refractivity contribution in [3.8, 4) is 11.4 Å². The van der Waals surface area contributed by atoms with Crippen LogP contribution in [0.15, 0.2) is 64.5 Å². The van der Waals surface area contributed by atoms with Gasteiger partial charge >= 0.3 is 5.69 Å². The van der Waals surface area contributed by atoms with E-state index in [1.165, 1.54) is 31.7 Å². The smallest absolute Gasteiger partial charge is 0.332 e. The summed E-state index contributed by atoms with van der Waals surface area (Å²) < 4.78 is 37.4. The number of nitrogens with two attached hydrogens (primary N) is 1. The lowest BCUT2D eigenvalue weighted by atomic mass is 10.0. The summed E-state index contributed by atoms with van der Waals surface area (Å²) in [5, 5.41) is 0. The zero-order chi connectivity index (χ0) is 26.0. The van der Waals surface area contributed by atoms with Crippen LogP contribution >= 0.6 is 0 Å². The Bertz CT molecular complexity index is 1440. The Balaban J connectivity index is 1.24. The third-order valence-electron chi connectivity index (χ3n) is 7.34. The first-order valence-corrected chi connectivity index (χ1v) is 14.3. The summed E-state index contributed by atoms with van der Waals surface area (Å²) in [7, 11) is -3.85. The first-order valence-electron chi connectivity index (χ1n) is 12.8. The zero-order valence-electron chi connectivity index (χ0n) is 20.6. The summed E-state index contributed by atoms with van der Waals surface area (Å²) in [5.74, 6) is 0.734. The fourth-order valence-electron chi connectivity index (χ4n) is 5.27. The molecule has 196 valence electrons. The number of nitrogens with zero attached hydrogens (tertiary/aromatic N) is 2. The molecule has 5 rings (SSSR count). The molecule has 1 atom stereocenters. The monoisotopic (exact) mass is 524 g/mol. The van der Waals surface area contributed by atoms with Crippen LogP contribution in [0.4, 0.5) is 5.69 Å². The van der Waals surface area contributed by atoms with Gasteiger partial charge in [0, 0.05) is 24.6 Å². The fourth-order valence-corrected chi connectivity index (χ4v) is 6.37. The van der Waals surface area contributed by atoms with Crippen LogP contribution in [0.25, 0.3) is 5.69 Å². The van der Waals surface area contributed by atoms with Crippen LogP contribution in [0.1, 0.15) is 50.5 Å². The normalized spacial score (nSPS) is 17.8. The molecule has 2 aliphatic rings.